The van der Waals surface area contributed by atoms with Crippen molar-refractivity contribution < 1.29 is 12.8 Å². The molecule has 1 saturated carbocycles. The maximum absolute atomic E-state index is 13.1. The van der Waals surface area contributed by atoms with Crippen LogP contribution in [0.5, 0.6) is 0 Å². The molecule has 2 N–H and O–H groups in total. The molecule has 0 saturated heterocycles. The Morgan fingerprint density at radius 1 is 1.56 bits per heavy atom. The van der Waals surface area contributed by atoms with Gasteiger partial charge in [0.1, 0.15) is 16.6 Å². The van der Waals surface area contributed by atoms with E-state index < -0.39 is 32.4 Å². The highest BCUT2D eigenvalue weighted by atomic mass is 32.2. The lowest BCUT2D eigenvalue weighted by Crippen LogP contribution is -2.29. The quantitative estimate of drug-likeness (QED) is 0.884. The molecule has 1 aromatic carbocycles. The highest BCUT2D eigenvalue weighted by Gasteiger charge is 2.69. The maximum atomic E-state index is 13.1. The van der Waals surface area contributed by atoms with E-state index in [-0.39, 0.29) is 5.75 Å². The molecule has 0 heterocycles. The predicted octanol–water partition coefficient (Wildman–Crippen LogP) is 0.947. The van der Waals surface area contributed by atoms with Gasteiger partial charge in [0.2, 0.25) is 0 Å². The summed E-state index contributed by atoms with van der Waals surface area (Å²) >= 11 is 0. The van der Waals surface area contributed by atoms with Crippen LogP contribution in [0, 0.1) is 17.1 Å². The summed E-state index contributed by atoms with van der Waals surface area (Å²) in [4.78, 5) is 0. The number of sulfone groups is 1. The van der Waals surface area contributed by atoms with Crippen LogP contribution in [0.1, 0.15) is 18.4 Å². The van der Waals surface area contributed by atoms with Crippen molar-refractivity contribution in [1.29, 1.82) is 5.26 Å². The highest BCUT2D eigenvalue weighted by Crippen LogP contribution is 2.53. The zero-order chi connectivity index (χ0) is 13.6. The van der Waals surface area contributed by atoms with Crippen LogP contribution in [0.4, 0.5) is 4.39 Å². The van der Waals surface area contributed by atoms with Gasteiger partial charge in [-0.25, -0.2) is 12.8 Å². The van der Waals surface area contributed by atoms with Crippen molar-refractivity contribution in [1.82, 2.24) is 0 Å². The molecule has 2 rings (SSSR count). The Labute approximate surface area is 105 Å². The molecule has 0 bridgehead atoms. The van der Waals surface area contributed by atoms with Gasteiger partial charge >= 0.3 is 0 Å². The van der Waals surface area contributed by atoms with Crippen LogP contribution >= 0.6 is 0 Å². The van der Waals surface area contributed by atoms with Crippen LogP contribution in [0.15, 0.2) is 24.3 Å². The van der Waals surface area contributed by atoms with Crippen LogP contribution in [-0.4, -0.2) is 25.0 Å². The van der Waals surface area contributed by atoms with Crippen molar-refractivity contribution in [3.05, 3.63) is 35.6 Å². The predicted molar refractivity (Wildman–Crippen MR) is 64.9 cm³/mol. The second-order valence-corrected chi connectivity index (χ2v) is 6.86. The smallest absolute Gasteiger partial charge is 0.156 e. The van der Waals surface area contributed by atoms with Crippen LogP contribution in [0.3, 0.4) is 0 Å². The molecule has 0 radical (unpaired) electrons. The van der Waals surface area contributed by atoms with E-state index in [1.807, 2.05) is 6.07 Å². The molecule has 18 heavy (non-hydrogen) atoms. The minimum absolute atomic E-state index is 0.0793. The van der Waals surface area contributed by atoms with Gasteiger partial charge in [-0.3, -0.25) is 0 Å². The van der Waals surface area contributed by atoms with Crippen molar-refractivity contribution in [3.8, 4) is 6.07 Å². The van der Waals surface area contributed by atoms with E-state index >= 15 is 0 Å². The van der Waals surface area contributed by atoms with Crippen molar-refractivity contribution in [2.45, 2.75) is 23.6 Å². The lowest BCUT2D eigenvalue weighted by Gasteiger charge is -2.00. The van der Waals surface area contributed by atoms with Gasteiger partial charge in [0, 0.05) is 11.7 Å². The third kappa shape index (κ3) is 1.80. The standard InChI is InChI=1S/C12H13FN2O2S/c1-2-18(16,17)11-10(12(11,15)7-14)8-4-3-5-9(13)6-8/h3-6,10-11H,2,15H2,1H3/t10-,11-,12-/m0/s1. The lowest BCUT2D eigenvalue weighted by molar-refractivity contribution is 0.593. The number of hydrogen-bond acceptors (Lipinski definition) is 4. The Morgan fingerprint density at radius 2 is 2.22 bits per heavy atom. The summed E-state index contributed by atoms with van der Waals surface area (Å²) in [7, 11) is -3.42. The fourth-order valence-corrected chi connectivity index (χ4v) is 4.21. The highest BCUT2D eigenvalue weighted by molar-refractivity contribution is 7.92. The van der Waals surface area contributed by atoms with Gasteiger partial charge in [-0.15, -0.1) is 0 Å². The number of halogens is 1. The summed E-state index contributed by atoms with van der Waals surface area (Å²) in [6, 6.07) is 7.42. The van der Waals surface area contributed by atoms with E-state index in [0.717, 1.165) is 0 Å². The summed E-state index contributed by atoms with van der Waals surface area (Å²) in [5.41, 5.74) is 4.83. The molecule has 1 aliphatic carbocycles. The summed E-state index contributed by atoms with van der Waals surface area (Å²) < 4.78 is 36.9. The molecule has 0 aliphatic heterocycles. The van der Waals surface area contributed by atoms with Crippen molar-refractivity contribution in [2.75, 3.05) is 5.75 Å². The third-order valence-corrected chi connectivity index (χ3v) is 5.61. The second-order valence-electron chi connectivity index (χ2n) is 4.45. The Hall–Kier alpha value is -1.45. The van der Waals surface area contributed by atoms with Gasteiger partial charge in [0.25, 0.3) is 0 Å². The molecule has 1 fully saturated rings. The van der Waals surface area contributed by atoms with Gasteiger partial charge in [0.15, 0.2) is 9.84 Å². The van der Waals surface area contributed by atoms with Crippen molar-refractivity contribution in [2.24, 2.45) is 5.73 Å². The van der Waals surface area contributed by atoms with Crippen LogP contribution in [-0.2, 0) is 9.84 Å². The molecule has 96 valence electrons. The van der Waals surface area contributed by atoms with Crippen molar-refractivity contribution >= 4 is 9.84 Å². The Kier molecular flexibility index (Phi) is 2.92. The molecule has 0 aromatic heterocycles. The van der Waals surface area contributed by atoms with E-state index in [2.05, 4.69) is 0 Å². The van der Waals surface area contributed by atoms with E-state index in [9.17, 15) is 12.8 Å². The Bertz CT molecular complexity index is 623. The molecule has 4 nitrogen and oxygen atoms in total. The molecule has 1 aromatic rings. The first-order chi connectivity index (χ1) is 8.36. The molecule has 3 atom stereocenters. The van der Waals surface area contributed by atoms with Gasteiger partial charge in [-0.1, -0.05) is 19.1 Å². The maximum Gasteiger partial charge on any atom is 0.156 e. The van der Waals surface area contributed by atoms with Gasteiger partial charge in [-0.05, 0) is 17.7 Å². The molecule has 6 heteroatoms. The normalized spacial score (nSPS) is 30.8. The zero-order valence-corrected chi connectivity index (χ0v) is 10.6. The first kappa shape index (κ1) is 13.0. The number of hydrogen-bond donors (Lipinski definition) is 1. The number of benzene rings is 1. The van der Waals surface area contributed by atoms with Crippen LogP contribution in [0.25, 0.3) is 0 Å². The van der Waals surface area contributed by atoms with Crippen LogP contribution < -0.4 is 5.73 Å². The molecular weight excluding hydrogens is 255 g/mol. The summed E-state index contributed by atoms with van der Waals surface area (Å²) in [5, 5.41) is 8.12. The zero-order valence-electron chi connectivity index (χ0n) is 9.80. The third-order valence-electron chi connectivity index (χ3n) is 3.37. The fraction of sp³-hybridized carbons (Fsp3) is 0.417. The average Bonchev–Trinajstić information content (AvgIpc) is 2.98. The number of rotatable bonds is 3. The molecular formula is C12H13FN2O2S. The van der Waals surface area contributed by atoms with Crippen molar-refractivity contribution in [3.63, 3.8) is 0 Å². The first-order valence-electron chi connectivity index (χ1n) is 5.54. The largest absolute Gasteiger partial charge is 0.312 e. The number of nitrogens with zero attached hydrogens (tertiary/aromatic N) is 1. The molecule has 0 spiro atoms. The molecule has 0 unspecified atom stereocenters. The SMILES string of the molecule is CCS(=O)(=O)[C@H]1[C@H](c2cccc(F)c2)[C@@]1(N)C#N. The molecule has 1 aliphatic rings. The number of nitriles is 1. The van der Waals surface area contributed by atoms with E-state index in [1.54, 1.807) is 6.07 Å². The average molecular weight is 268 g/mol. The van der Waals surface area contributed by atoms with Gasteiger partial charge in [0.05, 0.1) is 6.07 Å². The second kappa shape index (κ2) is 4.04. The lowest BCUT2D eigenvalue weighted by atomic mass is 10.1. The van der Waals surface area contributed by atoms with E-state index in [0.29, 0.717) is 5.56 Å². The summed E-state index contributed by atoms with van der Waals surface area (Å²) in [6.07, 6.45) is 0. The Morgan fingerprint density at radius 3 is 2.72 bits per heavy atom. The minimum atomic E-state index is -3.42. The summed E-state index contributed by atoms with van der Waals surface area (Å²) in [6.45, 7) is 1.51. The topological polar surface area (TPSA) is 83.9 Å². The van der Waals surface area contributed by atoms with Crippen LogP contribution in [0.2, 0.25) is 0 Å². The molecule has 0 amide bonds. The minimum Gasteiger partial charge on any atom is -0.312 e. The van der Waals surface area contributed by atoms with E-state index in [1.165, 1.54) is 25.1 Å². The van der Waals surface area contributed by atoms with E-state index in [4.69, 9.17) is 11.0 Å². The summed E-state index contributed by atoms with van der Waals surface area (Å²) in [5.74, 6) is -1.19. The Balaban J connectivity index is 2.45. The van der Waals surface area contributed by atoms with Gasteiger partial charge in [-0.2, -0.15) is 5.26 Å². The van der Waals surface area contributed by atoms with Gasteiger partial charge < -0.3 is 5.73 Å². The number of nitrogens with two attached hydrogens (primary N) is 1. The fourth-order valence-electron chi connectivity index (χ4n) is 2.34. The first-order valence-corrected chi connectivity index (χ1v) is 7.25. The monoisotopic (exact) mass is 268 g/mol.